The molecule has 1 saturated heterocycles. The number of fused-ring (bicyclic) bond motifs is 1. The van der Waals surface area contributed by atoms with E-state index in [0.29, 0.717) is 6.42 Å². The maximum atomic E-state index is 12.2. The van der Waals surface area contributed by atoms with Gasteiger partial charge in [-0.05, 0) is 29.8 Å². The van der Waals surface area contributed by atoms with Crippen molar-refractivity contribution in [3.63, 3.8) is 0 Å². The van der Waals surface area contributed by atoms with Crippen molar-refractivity contribution in [2.45, 2.75) is 31.4 Å². The number of piperidine rings is 1. The fourth-order valence-corrected chi connectivity index (χ4v) is 3.84. The molecule has 0 bridgehead atoms. The van der Waals surface area contributed by atoms with Crippen LogP contribution in [0.2, 0.25) is 0 Å². The molecule has 0 radical (unpaired) electrons. The second-order valence-corrected chi connectivity index (χ2v) is 7.71. The van der Waals surface area contributed by atoms with Crippen LogP contribution in [0.5, 0.6) is 5.75 Å². The van der Waals surface area contributed by atoms with Crippen molar-refractivity contribution in [1.82, 2.24) is 9.88 Å². The fourth-order valence-electron chi connectivity index (χ4n) is 3.84. The maximum Gasteiger partial charge on any atom is 0.225 e. The molecule has 3 heterocycles. The molecule has 5 heteroatoms. The predicted octanol–water partition coefficient (Wildman–Crippen LogP) is 4.11. The third-order valence-electron chi connectivity index (χ3n) is 5.62. The van der Waals surface area contributed by atoms with Crippen molar-refractivity contribution in [1.29, 1.82) is 0 Å². The van der Waals surface area contributed by atoms with E-state index < -0.39 is 0 Å². The summed E-state index contributed by atoms with van der Waals surface area (Å²) in [6, 6.07) is 18.7. The Kier molecular flexibility index (Phi) is 4.72. The van der Waals surface area contributed by atoms with Crippen LogP contribution in [0.25, 0.3) is 22.0 Å². The summed E-state index contributed by atoms with van der Waals surface area (Å²) in [6.45, 7) is 1.52. The number of ether oxygens (including phenoxy) is 1. The number of benzene rings is 2. The average Bonchev–Trinajstić information content (AvgIpc) is 3.58. The second-order valence-electron chi connectivity index (χ2n) is 7.71. The quantitative estimate of drug-likeness (QED) is 0.664. The Morgan fingerprint density at radius 2 is 1.79 bits per heavy atom. The molecule has 1 unspecified atom stereocenters. The Hall–Kier alpha value is -3.21. The molecular formula is C24H23N3O2. The first kappa shape index (κ1) is 17.9. The molecule has 29 heavy (non-hydrogen) atoms. The second kappa shape index (κ2) is 7.66. The van der Waals surface area contributed by atoms with Gasteiger partial charge in [-0.2, -0.15) is 0 Å². The van der Waals surface area contributed by atoms with Crippen LogP contribution in [0, 0.1) is 0 Å². The summed E-state index contributed by atoms with van der Waals surface area (Å²) in [5.74, 6) is 1.08. The Morgan fingerprint density at radius 3 is 2.55 bits per heavy atom. The number of para-hydroxylation sites is 1. The van der Waals surface area contributed by atoms with Gasteiger partial charge in [0.1, 0.15) is 11.9 Å². The minimum Gasteiger partial charge on any atom is -0.490 e. The van der Waals surface area contributed by atoms with Crippen molar-refractivity contribution in [3.8, 4) is 16.9 Å². The van der Waals surface area contributed by atoms with Crippen LogP contribution in [0.3, 0.4) is 0 Å². The highest BCUT2D eigenvalue weighted by molar-refractivity contribution is 5.87. The monoisotopic (exact) mass is 385 g/mol. The molecule has 2 aromatic carbocycles. The Balaban J connectivity index is 1.19. The lowest BCUT2D eigenvalue weighted by atomic mass is 10.0. The molecule has 0 N–H and O–H groups in total. The zero-order valence-electron chi connectivity index (χ0n) is 16.2. The number of nitrogens with zero attached hydrogens (tertiary/aromatic N) is 3. The molecule has 146 valence electrons. The van der Waals surface area contributed by atoms with Gasteiger partial charge < -0.3 is 9.64 Å². The standard InChI is InChI=1S/C24H23N3O2/c28-24(14-20-16-25-20)27-11-9-22(10-12-27)29-21-7-5-17(6-8-21)19-13-18-3-1-2-4-23(18)26-15-19/h1-8,13,15-16,20,22H,9-12,14H2. The van der Waals surface area contributed by atoms with Gasteiger partial charge in [0.2, 0.25) is 5.91 Å². The molecule has 2 aliphatic rings. The van der Waals surface area contributed by atoms with Gasteiger partial charge >= 0.3 is 0 Å². The molecule has 2 aliphatic heterocycles. The van der Waals surface area contributed by atoms with E-state index in [9.17, 15) is 4.79 Å². The van der Waals surface area contributed by atoms with Crippen molar-refractivity contribution < 1.29 is 9.53 Å². The smallest absolute Gasteiger partial charge is 0.225 e. The fraction of sp³-hybridized carbons (Fsp3) is 0.292. The van der Waals surface area contributed by atoms with Crippen molar-refractivity contribution >= 4 is 23.0 Å². The van der Waals surface area contributed by atoms with Crippen LogP contribution in [0.4, 0.5) is 0 Å². The summed E-state index contributed by atoms with van der Waals surface area (Å²) in [7, 11) is 0. The molecule has 1 aromatic heterocycles. The lowest BCUT2D eigenvalue weighted by molar-refractivity contribution is -0.132. The highest BCUT2D eigenvalue weighted by atomic mass is 16.5. The third-order valence-corrected chi connectivity index (χ3v) is 5.62. The number of carbonyl (C=O) groups is 1. The molecule has 1 atom stereocenters. The Morgan fingerprint density at radius 1 is 1.03 bits per heavy atom. The van der Waals surface area contributed by atoms with E-state index in [0.717, 1.165) is 53.7 Å². The number of likely N-dealkylation sites (tertiary alicyclic amines) is 1. The van der Waals surface area contributed by atoms with Crippen molar-refractivity contribution in [3.05, 3.63) is 60.8 Å². The molecule has 0 aliphatic carbocycles. The molecule has 3 aromatic rings. The maximum absolute atomic E-state index is 12.2. The van der Waals surface area contributed by atoms with Gasteiger partial charge in [-0.3, -0.25) is 14.8 Å². The summed E-state index contributed by atoms with van der Waals surface area (Å²) in [6.07, 6.45) is 6.17. The minimum atomic E-state index is 0.157. The van der Waals surface area contributed by atoms with E-state index >= 15 is 0 Å². The lowest BCUT2D eigenvalue weighted by Gasteiger charge is -2.32. The Labute approximate surface area is 170 Å². The largest absolute Gasteiger partial charge is 0.490 e. The first-order valence-corrected chi connectivity index (χ1v) is 10.2. The van der Waals surface area contributed by atoms with Crippen LogP contribution in [-0.2, 0) is 4.79 Å². The minimum absolute atomic E-state index is 0.157. The zero-order valence-corrected chi connectivity index (χ0v) is 16.2. The van der Waals surface area contributed by atoms with Gasteiger partial charge in [-0.1, -0.05) is 30.3 Å². The SMILES string of the molecule is O=C(CC1C=N1)N1CCC(Oc2ccc(-c3cnc4ccccc4c3)cc2)CC1. The van der Waals surface area contributed by atoms with E-state index in [4.69, 9.17) is 4.74 Å². The van der Waals surface area contributed by atoms with Crippen LogP contribution in [-0.4, -0.2) is 47.2 Å². The summed E-state index contributed by atoms with van der Waals surface area (Å²) in [5, 5.41) is 1.14. The number of hydrogen-bond acceptors (Lipinski definition) is 4. The molecule has 5 rings (SSSR count). The third kappa shape index (κ3) is 4.14. The molecule has 1 fully saturated rings. The van der Waals surface area contributed by atoms with E-state index in [1.165, 1.54) is 0 Å². The molecule has 1 amide bonds. The van der Waals surface area contributed by atoms with Crippen LogP contribution < -0.4 is 4.74 Å². The number of amides is 1. The summed E-state index contributed by atoms with van der Waals surface area (Å²) in [4.78, 5) is 22.7. The highest BCUT2D eigenvalue weighted by Gasteiger charge is 2.27. The first-order valence-electron chi connectivity index (χ1n) is 10.2. The lowest BCUT2D eigenvalue weighted by Crippen LogP contribution is -2.42. The van der Waals surface area contributed by atoms with E-state index in [-0.39, 0.29) is 18.1 Å². The summed E-state index contributed by atoms with van der Waals surface area (Å²) >= 11 is 0. The number of rotatable bonds is 5. The molecule has 0 spiro atoms. The molecule has 0 saturated carbocycles. The van der Waals surface area contributed by atoms with Crippen LogP contribution >= 0.6 is 0 Å². The van der Waals surface area contributed by atoms with Crippen LogP contribution in [0.1, 0.15) is 19.3 Å². The van der Waals surface area contributed by atoms with Gasteiger partial charge in [-0.15, -0.1) is 0 Å². The first-order chi connectivity index (χ1) is 14.2. The normalized spacial score (nSPS) is 18.8. The zero-order chi connectivity index (χ0) is 19.6. The van der Waals surface area contributed by atoms with Gasteiger partial charge in [0.15, 0.2) is 0 Å². The van der Waals surface area contributed by atoms with Gasteiger partial charge in [-0.25, -0.2) is 0 Å². The van der Waals surface area contributed by atoms with Gasteiger partial charge in [0.05, 0.1) is 18.0 Å². The van der Waals surface area contributed by atoms with E-state index in [2.05, 4.69) is 34.2 Å². The topological polar surface area (TPSA) is 54.8 Å². The van der Waals surface area contributed by atoms with Gasteiger partial charge in [0, 0.05) is 49.3 Å². The summed E-state index contributed by atoms with van der Waals surface area (Å²) < 4.78 is 6.16. The van der Waals surface area contributed by atoms with Crippen molar-refractivity contribution in [2.75, 3.05) is 13.1 Å². The van der Waals surface area contributed by atoms with E-state index in [1.807, 2.05) is 47.6 Å². The van der Waals surface area contributed by atoms with Crippen LogP contribution in [0.15, 0.2) is 65.8 Å². The Bertz CT molecular complexity index is 1050. The number of aliphatic imine (C=N–C) groups is 1. The number of pyridine rings is 1. The van der Waals surface area contributed by atoms with E-state index in [1.54, 1.807) is 0 Å². The number of aromatic nitrogens is 1. The average molecular weight is 385 g/mol. The van der Waals surface area contributed by atoms with Gasteiger partial charge in [0.25, 0.3) is 0 Å². The number of hydrogen-bond donors (Lipinski definition) is 0. The molecule has 5 nitrogen and oxygen atoms in total. The molecular weight excluding hydrogens is 362 g/mol. The highest BCUT2D eigenvalue weighted by Crippen LogP contribution is 2.26. The van der Waals surface area contributed by atoms with Crippen molar-refractivity contribution in [2.24, 2.45) is 4.99 Å². The number of carbonyl (C=O) groups excluding carboxylic acids is 1. The predicted molar refractivity (Wildman–Crippen MR) is 114 cm³/mol. The summed E-state index contributed by atoms with van der Waals surface area (Å²) in [5.41, 5.74) is 3.23.